The molecule has 1 aromatic heterocycles. The van der Waals surface area contributed by atoms with Crippen LogP contribution < -0.4 is 0 Å². The molecule has 6 heteroatoms. The number of imidazole rings is 1. The fraction of sp³-hybridized carbons (Fsp3) is 0.357. The smallest absolute Gasteiger partial charge is 0.334 e. The number of Topliss-reactive ketones (excluding diaryl/α,β-unsaturated/α-hetero) is 1. The van der Waals surface area contributed by atoms with Crippen molar-refractivity contribution in [1.29, 1.82) is 0 Å². The number of fused-ring (bicyclic) bond motifs is 1. The second kappa shape index (κ2) is 5.83. The van der Waals surface area contributed by atoms with Gasteiger partial charge in [0.15, 0.2) is 11.8 Å². The molecule has 0 radical (unpaired) electrons. The molecule has 6 nitrogen and oxygen atoms in total. The van der Waals surface area contributed by atoms with Crippen LogP contribution in [-0.2, 0) is 14.3 Å². The van der Waals surface area contributed by atoms with Gasteiger partial charge in [0.1, 0.15) is 12.4 Å². The number of rotatable bonds is 6. The second-order valence-electron chi connectivity index (χ2n) is 4.36. The van der Waals surface area contributed by atoms with Gasteiger partial charge in [0, 0.05) is 6.61 Å². The van der Waals surface area contributed by atoms with Crippen LogP contribution in [0, 0.1) is 6.92 Å². The van der Waals surface area contributed by atoms with Crippen molar-refractivity contribution in [1.82, 2.24) is 9.55 Å². The predicted octanol–water partition coefficient (Wildman–Crippen LogP) is 1.58. The van der Waals surface area contributed by atoms with Crippen LogP contribution in [-0.4, -0.2) is 39.6 Å². The maximum Gasteiger partial charge on any atom is 0.334 e. The molecule has 106 valence electrons. The number of aryl methyl sites for hydroxylation is 1. The number of hydrogen-bond donors (Lipinski definition) is 1. The summed E-state index contributed by atoms with van der Waals surface area (Å²) in [5.74, 6) is -1.21. The number of carbonyl (C=O) groups is 2. The summed E-state index contributed by atoms with van der Waals surface area (Å²) in [6, 6.07) is 5.82. The molecule has 1 atom stereocenters. The van der Waals surface area contributed by atoms with E-state index < -0.39 is 17.8 Å². The highest BCUT2D eigenvalue weighted by atomic mass is 16.5. The van der Waals surface area contributed by atoms with E-state index in [1.165, 1.54) is 4.57 Å². The van der Waals surface area contributed by atoms with E-state index in [2.05, 4.69) is 4.98 Å². The van der Waals surface area contributed by atoms with Crippen LogP contribution in [0.1, 0.15) is 18.8 Å². The van der Waals surface area contributed by atoms with Crippen LogP contribution in [0.3, 0.4) is 0 Å². The van der Waals surface area contributed by atoms with Crippen molar-refractivity contribution in [3.05, 3.63) is 30.1 Å². The quantitative estimate of drug-likeness (QED) is 0.810. The van der Waals surface area contributed by atoms with Gasteiger partial charge in [-0.2, -0.15) is 0 Å². The Morgan fingerprint density at radius 3 is 2.75 bits per heavy atom. The van der Waals surface area contributed by atoms with E-state index in [-0.39, 0.29) is 6.61 Å². The summed E-state index contributed by atoms with van der Waals surface area (Å²) in [4.78, 5) is 27.8. The van der Waals surface area contributed by atoms with Crippen molar-refractivity contribution < 1.29 is 19.4 Å². The zero-order chi connectivity index (χ0) is 14.7. The Morgan fingerprint density at radius 2 is 2.10 bits per heavy atom. The molecule has 0 saturated carbocycles. The minimum Gasteiger partial charge on any atom is -0.479 e. The van der Waals surface area contributed by atoms with E-state index in [1.54, 1.807) is 32.0 Å². The molecule has 0 fully saturated rings. The van der Waals surface area contributed by atoms with Crippen LogP contribution in [0.2, 0.25) is 0 Å². The van der Waals surface area contributed by atoms with E-state index in [4.69, 9.17) is 4.74 Å². The van der Waals surface area contributed by atoms with E-state index >= 15 is 0 Å². The molecule has 0 aliphatic heterocycles. The van der Waals surface area contributed by atoms with Crippen LogP contribution in [0.15, 0.2) is 24.3 Å². The number of hydrogen-bond acceptors (Lipinski definition) is 4. The first-order chi connectivity index (χ1) is 9.56. The van der Waals surface area contributed by atoms with Crippen molar-refractivity contribution >= 4 is 22.8 Å². The average Bonchev–Trinajstić information content (AvgIpc) is 2.73. The Labute approximate surface area is 116 Å². The lowest BCUT2D eigenvalue weighted by Crippen LogP contribution is -2.31. The lowest BCUT2D eigenvalue weighted by molar-refractivity contribution is -0.146. The highest BCUT2D eigenvalue weighted by molar-refractivity contribution is 6.02. The van der Waals surface area contributed by atoms with Gasteiger partial charge in [-0.3, -0.25) is 4.79 Å². The lowest BCUT2D eigenvalue weighted by Gasteiger charge is -2.15. The first-order valence-corrected chi connectivity index (χ1v) is 6.33. The molecule has 0 amide bonds. The highest BCUT2D eigenvalue weighted by Gasteiger charge is 2.30. The first-order valence-electron chi connectivity index (χ1n) is 6.33. The maximum atomic E-state index is 12.1. The van der Waals surface area contributed by atoms with Crippen molar-refractivity contribution in [3.8, 4) is 0 Å². The van der Waals surface area contributed by atoms with E-state index in [9.17, 15) is 14.7 Å². The molecule has 0 aliphatic carbocycles. The Balaban J connectivity index is 2.49. The molecule has 2 rings (SSSR count). The van der Waals surface area contributed by atoms with E-state index in [0.717, 1.165) is 0 Å². The maximum absolute atomic E-state index is 12.1. The molecule has 1 aromatic carbocycles. The number of ether oxygens (including phenoxy) is 1. The van der Waals surface area contributed by atoms with Crippen molar-refractivity contribution in [3.63, 3.8) is 0 Å². The van der Waals surface area contributed by atoms with Crippen LogP contribution in [0.25, 0.3) is 11.0 Å². The average molecular weight is 276 g/mol. The summed E-state index contributed by atoms with van der Waals surface area (Å²) in [7, 11) is 0. The van der Waals surface area contributed by atoms with Crippen molar-refractivity contribution in [2.45, 2.75) is 19.9 Å². The largest absolute Gasteiger partial charge is 0.479 e. The van der Waals surface area contributed by atoms with Gasteiger partial charge in [-0.25, -0.2) is 9.78 Å². The predicted molar refractivity (Wildman–Crippen MR) is 72.6 cm³/mol. The van der Waals surface area contributed by atoms with Crippen LogP contribution >= 0.6 is 0 Å². The molecule has 1 heterocycles. The van der Waals surface area contributed by atoms with Crippen molar-refractivity contribution in [2.24, 2.45) is 0 Å². The molecular formula is C14H16N2O4. The van der Waals surface area contributed by atoms with Gasteiger partial charge >= 0.3 is 5.97 Å². The standard InChI is InChI=1S/C14H16N2O4/c1-3-20-8-12(17)13(14(18)19)16-9(2)15-10-6-4-5-7-11(10)16/h4-7,13H,3,8H2,1-2H3,(H,18,19). The van der Waals surface area contributed by atoms with E-state index in [0.29, 0.717) is 23.5 Å². The number of para-hydroxylation sites is 2. The highest BCUT2D eigenvalue weighted by Crippen LogP contribution is 2.22. The number of benzene rings is 1. The number of carbonyl (C=O) groups excluding carboxylic acids is 1. The lowest BCUT2D eigenvalue weighted by atomic mass is 10.1. The fourth-order valence-corrected chi connectivity index (χ4v) is 2.16. The number of carboxylic acids is 1. The Bertz CT molecular complexity index is 648. The summed E-state index contributed by atoms with van der Waals surface area (Å²) in [6.45, 7) is 3.58. The molecule has 0 bridgehead atoms. The number of aliphatic carboxylic acids is 1. The third-order valence-electron chi connectivity index (χ3n) is 3.02. The third kappa shape index (κ3) is 2.55. The Morgan fingerprint density at radius 1 is 1.40 bits per heavy atom. The topological polar surface area (TPSA) is 81.4 Å². The number of aromatic nitrogens is 2. The summed E-state index contributed by atoms with van der Waals surface area (Å²) < 4.78 is 6.47. The van der Waals surface area contributed by atoms with Gasteiger partial charge < -0.3 is 14.4 Å². The zero-order valence-electron chi connectivity index (χ0n) is 11.4. The fourth-order valence-electron chi connectivity index (χ4n) is 2.16. The SMILES string of the molecule is CCOCC(=O)C(C(=O)O)n1c(C)nc2ccccc21. The first kappa shape index (κ1) is 14.2. The molecule has 1 N–H and O–H groups in total. The van der Waals surface area contributed by atoms with Gasteiger partial charge in [0.25, 0.3) is 0 Å². The van der Waals surface area contributed by atoms with Gasteiger partial charge in [-0.1, -0.05) is 12.1 Å². The zero-order valence-corrected chi connectivity index (χ0v) is 11.4. The summed E-state index contributed by atoms with van der Waals surface area (Å²) in [5.41, 5.74) is 1.29. The van der Waals surface area contributed by atoms with Gasteiger partial charge in [0.2, 0.25) is 0 Å². The summed E-state index contributed by atoms with van der Waals surface area (Å²) in [5, 5.41) is 9.37. The van der Waals surface area contributed by atoms with Crippen LogP contribution in [0.4, 0.5) is 0 Å². The monoisotopic (exact) mass is 276 g/mol. The Kier molecular flexibility index (Phi) is 4.14. The number of nitrogens with zero attached hydrogens (tertiary/aromatic N) is 2. The number of ketones is 1. The normalized spacial score (nSPS) is 12.5. The molecule has 1 unspecified atom stereocenters. The molecule has 2 aromatic rings. The molecule has 0 spiro atoms. The van der Waals surface area contributed by atoms with Gasteiger partial charge in [0.05, 0.1) is 11.0 Å². The second-order valence-corrected chi connectivity index (χ2v) is 4.36. The molecule has 20 heavy (non-hydrogen) atoms. The molecule has 0 saturated heterocycles. The minimum absolute atomic E-state index is 0.223. The van der Waals surface area contributed by atoms with Crippen molar-refractivity contribution in [2.75, 3.05) is 13.2 Å². The summed E-state index contributed by atoms with van der Waals surface area (Å²) >= 11 is 0. The van der Waals surface area contributed by atoms with Crippen LogP contribution in [0.5, 0.6) is 0 Å². The molecular weight excluding hydrogens is 260 g/mol. The minimum atomic E-state index is -1.31. The third-order valence-corrected chi connectivity index (χ3v) is 3.02. The Hall–Kier alpha value is -2.21. The molecule has 0 aliphatic rings. The van der Waals surface area contributed by atoms with Gasteiger partial charge in [-0.05, 0) is 26.0 Å². The summed E-state index contributed by atoms with van der Waals surface area (Å²) in [6.07, 6.45) is 0. The van der Waals surface area contributed by atoms with E-state index in [1.807, 2.05) is 6.07 Å². The number of carboxylic acid groups (broad SMARTS) is 1. The van der Waals surface area contributed by atoms with Gasteiger partial charge in [-0.15, -0.1) is 0 Å².